The number of ether oxygens (including phenoxy) is 1. The van der Waals surface area contributed by atoms with Crippen molar-refractivity contribution in [3.63, 3.8) is 0 Å². The maximum Gasteiger partial charge on any atom is 0.277 e. The Morgan fingerprint density at radius 1 is 1.08 bits per heavy atom. The molecule has 0 radical (unpaired) electrons. The average Bonchev–Trinajstić information content (AvgIpc) is 2.69. The Kier molecular flexibility index (Phi) is 5.78. The summed E-state index contributed by atoms with van der Waals surface area (Å²) in [5.74, 6) is 0.00195. The first kappa shape index (κ1) is 17.8. The fourth-order valence-electron chi connectivity index (χ4n) is 2.54. The summed E-state index contributed by atoms with van der Waals surface area (Å²) in [6.45, 7) is 0. The Bertz CT molecular complexity index is 902. The number of carbonyl (C=O) groups is 1. The van der Waals surface area contributed by atoms with Crippen LogP contribution in [-0.2, 0) is 16.1 Å². The van der Waals surface area contributed by atoms with Crippen LogP contribution < -0.4 is 15.8 Å². The second kappa shape index (κ2) is 8.42. The first-order valence-electron chi connectivity index (χ1n) is 8.07. The first-order chi connectivity index (χ1) is 12.7. The van der Waals surface area contributed by atoms with E-state index < -0.39 is 18.2 Å². The number of amides is 1. The van der Waals surface area contributed by atoms with Gasteiger partial charge < -0.3 is 10.1 Å². The molecule has 2 aromatic carbocycles. The Balaban J connectivity index is 1.67. The molecule has 6 heteroatoms. The number of allylic oxidation sites excluding steroid dienone is 2. The minimum Gasteiger partial charge on any atom is -0.466 e. The van der Waals surface area contributed by atoms with Crippen LogP contribution in [0.25, 0.3) is 11.1 Å². The van der Waals surface area contributed by atoms with Crippen molar-refractivity contribution in [2.45, 2.75) is 12.3 Å². The van der Waals surface area contributed by atoms with Gasteiger partial charge in [-0.1, -0.05) is 60.7 Å². The molecule has 3 N–H and O–H groups in total. The molecule has 0 fully saturated rings. The normalized spacial score (nSPS) is 16.8. The molecule has 0 aromatic heterocycles. The predicted octanol–water partition coefficient (Wildman–Crippen LogP) is 2.01. The number of rotatable bonds is 5. The van der Waals surface area contributed by atoms with Crippen LogP contribution in [0.5, 0.6) is 5.75 Å². The Morgan fingerprint density at radius 3 is 2.62 bits per heavy atom. The van der Waals surface area contributed by atoms with Gasteiger partial charge >= 0.3 is 0 Å². The summed E-state index contributed by atoms with van der Waals surface area (Å²) >= 11 is 0.343. The van der Waals surface area contributed by atoms with Gasteiger partial charge in [-0.2, -0.15) is 0 Å². The van der Waals surface area contributed by atoms with Crippen molar-refractivity contribution in [2.24, 2.45) is 5.73 Å². The molecule has 3 rings (SSSR count). The highest BCUT2D eigenvalue weighted by Gasteiger charge is 2.21. The van der Waals surface area contributed by atoms with Crippen molar-refractivity contribution in [2.75, 3.05) is 0 Å². The molecule has 1 aliphatic rings. The average molecular weight is 366 g/mol. The van der Waals surface area contributed by atoms with E-state index in [1.165, 1.54) is 0 Å². The minimum atomic E-state index is -1.18. The quantitative estimate of drug-likeness (QED) is 0.627. The van der Waals surface area contributed by atoms with Crippen LogP contribution in [-0.4, -0.2) is 27.3 Å². The van der Waals surface area contributed by atoms with Crippen molar-refractivity contribution >= 4 is 22.0 Å². The van der Waals surface area contributed by atoms with Gasteiger partial charge in [-0.05, 0) is 29.3 Å². The molecule has 0 saturated heterocycles. The topological polar surface area (TPSA) is 81.4 Å². The predicted molar refractivity (Wildman–Crippen MR) is 104 cm³/mol. The minimum absolute atomic E-state index is 0.343. The van der Waals surface area contributed by atoms with E-state index in [0.29, 0.717) is 21.9 Å². The zero-order valence-electron chi connectivity index (χ0n) is 13.9. The van der Waals surface area contributed by atoms with Crippen LogP contribution in [0.2, 0.25) is 0 Å². The highest BCUT2D eigenvalue weighted by atomic mass is 32.1. The third-order valence-corrected chi connectivity index (χ3v) is 4.42. The van der Waals surface area contributed by atoms with E-state index in [-0.39, 0.29) is 0 Å². The van der Waals surface area contributed by atoms with Gasteiger partial charge in [0, 0.05) is 0 Å². The number of nitrogens with two attached hydrogens (primary N) is 1. The molecule has 2 atom stereocenters. The Labute approximate surface area is 155 Å². The lowest BCUT2D eigenvalue weighted by Crippen LogP contribution is -2.50. The van der Waals surface area contributed by atoms with Crippen molar-refractivity contribution < 1.29 is 13.7 Å². The molecule has 0 spiro atoms. The van der Waals surface area contributed by atoms with Crippen molar-refractivity contribution in [1.82, 2.24) is 5.32 Å². The molecule has 1 aliphatic carbocycles. The fraction of sp³-hybridized carbons (Fsp3) is 0.100. The molecular formula is C20H18N2O3S. The summed E-state index contributed by atoms with van der Waals surface area (Å²) < 4.78 is 16.7. The summed E-state index contributed by atoms with van der Waals surface area (Å²) in [6.07, 6.45) is 5.71. The highest BCUT2D eigenvalue weighted by Crippen LogP contribution is 2.23. The fourth-order valence-corrected chi connectivity index (χ4v) is 2.91. The smallest absolute Gasteiger partial charge is 0.277 e. The maximum atomic E-state index is 12.3. The van der Waals surface area contributed by atoms with E-state index in [0.717, 1.165) is 11.1 Å². The number of benzene rings is 2. The van der Waals surface area contributed by atoms with E-state index in [1.807, 2.05) is 48.5 Å². The lowest BCUT2D eigenvalue weighted by molar-refractivity contribution is -0.127. The molecule has 2 aromatic rings. The second-order valence-corrected chi connectivity index (χ2v) is 6.29. The Hall–Kier alpha value is -2.96. The van der Waals surface area contributed by atoms with Crippen LogP contribution in [0.3, 0.4) is 0 Å². The molecule has 0 heterocycles. The molecule has 0 aliphatic heterocycles. The van der Waals surface area contributed by atoms with Crippen LogP contribution in [0.15, 0.2) is 78.9 Å². The van der Waals surface area contributed by atoms with Gasteiger partial charge in [-0.3, -0.25) is 10.5 Å². The van der Waals surface area contributed by atoms with E-state index in [4.69, 9.17) is 10.5 Å². The third kappa shape index (κ3) is 4.36. The van der Waals surface area contributed by atoms with Crippen LogP contribution in [0.1, 0.15) is 0 Å². The van der Waals surface area contributed by atoms with E-state index in [1.54, 1.807) is 30.4 Å². The number of carbonyl (C=O) groups excluding carboxylic acids is 1. The largest absolute Gasteiger partial charge is 0.466 e. The molecule has 1 amide bonds. The van der Waals surface area contributed by atoms with Gasteiger partial charge in [0.1, 0.15) is 5.75 Å². The molecule has 0 bridgehead atoms. The van der Waals surface area contributed by atoms with Gasteiger partial charge in [0.25, 0.3) is 5.91 Å². The summed E-state index contributed by atoms with van der Waals surface area (Å²) in [6, 6.07) is 16.7. The SMILES string of the molecule is NC(Oc1cccc(-c2ccccc2)c1)C(=O)NC1C=CC=CC1=S=O. The van der Waals surface area contributed by atoms with E-state index >= 15 is 0 Å². The molecule has 0 saturated carbocycles. The number of hydrogen-bond acceptors (Lipinski definition) is 4. The molecule has 5 nitrogen and oxygen atoms in total. The lowest BCUT2D eigenvalue weighted by Gasteiger charge is -2.20. The zero-order chi connectivity index (χ0) is 18.4. The first-order valence-corrected chi connectivity index (χ1v) is 8.81. The standard InChI is InChI=1S/C20H18N2O3S/c21-19(20(23)22-17-11-4-5-12-18(17)26-24)25-16-10-6-9-15(13-16)14-7-2-1-3-8-14/h1-13,17,19H,21H2,(H,22,23). The van der Waals surface area contributed by atoms with Crippen LogP contribution in [0, 0.1) is 0 Å². The summed E-state index contributed by atoms with van der Waals surface area (Å²) in [7, 11) is 0. The molecular weight excluding hydrogens is 348 g/mol. The van der Waals surface area contributed by atoms with Gasteiger partial charge in [-0.25, -0.2) is 4.21 Å². The van der Waals surface area contributed by atoms with Gasteiger partial charge in [0.2, 0.25) is 6.23 Å². The van der Waals surface area contributed by atoms with Crippen molar-refractivity contribution in [1.29, 1.82) is 0 Å². The van der Waals surface area contributed by atoms with Crippen LogP contribution in [0.4, 0.5) is 0 Å². The Morgan fingerprint density at radius 2 is 1.85 bits per heavy atom. The third-order valence-electron chi connectivity index (χ3n) is 3.84. The zero-order valence-corrected chi connectivity index (χ0v) is 14.7. The molecule has 2 unspecified atom stereocenters. The lowest BCUT2D eigenvalue weighted by atomic mass is 10.1. The van der Waals surface area contributed by atoms with Crippen molar-refractivity contribution in [3.8, 4) is 16.9 Å². The number of nitrogens with one attached hydrogen (secondary N) is 1. The van der Waals surface area contributed by atoms with Gasteiger partial charge in [-0.15, -0.1) is 0 Å². The van der Waals surface area contributed by atoms with Crippen molar-refractivity contribution in [3.05, 3.63) is 78.9 Å². The van der Waals surface area contributed by atoms with Gasteiger partial charge in [0.15, 0.2) is 0 Å². The molecule has 132 valence electrons. The molecule has 26 heavy (non-hydrogen) atoms. The van der Waals surface area contributed by atoms with Crippen LogP contribution >= 0.6 is 0 Å². The number of hydrogen-bond donors (Lipinski definition) is 2. The monoisotopic (exact) mass is 366 g/mol. The second-order valence-electron chi connectivity index (χ2n) is 5.65. The summed E-state index contributed by atoms with van der Waals surface area (Å²) in [5, 5.41) is 2.70. The van der Waals surface area contributed by atoms with E-state index in [2.05, 4.69) is 5.32 Å². The summed E-state index contributed by atoms with van der Waals surface area (Å²) in [5.41, 5.74) is 7.88. The maximum absolute atomic E-state index is 12.3. The van der Waals surface area contributed by atoms with Gasteiger partial charge in [0.05, 0.1) is 22.2 Å². The highest BCUT2D eigenvalue weighted by molar-refractivity contribution is 7.67. The summed E-state index contributed by atoms with van der Waals surface area (Å²) in [4.78, 5) is 12.8. The van der Waals surface area contributed by atoms with E-state index in [9.17, 15) is 9.00 Å².